The number of nitrogens with zero attached hydrogens (tertiary/aromatic N) is 1. The van der Waals surface area contributed by atoms with Crippen molar-refractivity contribution >= 4 is 34.6 Å². The highest BCUT2D eigenvalue weighted by Crippen LogP contribution is 2.14. The van der Waals surface area contributed by atoms with Gasteiger partial charge in [0.25, 0.3) is 0 Å². The Hall–Kier alpha value is -0.530. The predicted molar refractivity (Wildman–Crippen MR) is 49.2 cm³/mol. The fourth-order valence-electron chi connectivity index (χ4n) is 0.733. The minimum Gasteiger partial charge on any atom is -0.191 e. The lowest BCUT2D eigenvalue weighted by molar-refractivity contribution is -0.397. The number of benzene rings is 1. The molecule has 0 radical (unpaired) electrons. The fraction of sp³-hybridized carbons (Fsp3) is 0.125. The van der Waals surface area contributed by atoms with Crippen LogP contribution in [-0.4, -0.2) is 17.3 Å². The molecule has 0 bridgehead atoms. The first-order valence-corrected chi connectivity index (χ1v) is 3.97. The van der Waals surface area contributed by atoms with E-state index in [2.05, 4.69) is 0 Å². The number of rotatable bonds is 1. The molecule has 11 heavy (non-hydrogen) atoms. The molecular formula is C8H8Cl2N+. The minimum atomic E-state index is 0.733. The first kappa shape index (κ1) is 8.57. The Balaban J connectivity index is 2.99. The average molecular weight is 189 g/mol. The van der Waals surface area contributed by atoms with Gasteiger partial charge in [0, 0.05) is 17.2 Å². The molecule has 0 aliphatic rings. The number of hydrogen-bond donors (Lipinski definition) is 0. The molecule has 0 amide bonds. The van der Waals surface area contributed by atoms with E-state index >= 15 is 0 Å². The summed E-state index contributed by atoms with van der Waals surface area (Å²) in [5.74, 6) is 0. The second-order valence-corrected chi connectivity index (χ2v) is 2.82. The van der Waals surface area contributed by atoms with Crippen LogP contribution in [0.1, 0.15) is 0 Å². The summed E-state index contributed by atoms with van der Waals surface area (Å²) in [4.78, 5) is 0. The van der Waals surface area contributed by atoms with Crippen LogP contribution < -0.4 is 0 Å². The standard InChI is InChI=1S/C8H8Cl2N/c1-11(6-9)8-4-2-7(10)3-5-8/h2-6H,1H3/q+1. The Morgan fingerprint density at radius 2 is 1.82 bits per heavy atom. The van der Waals surface area contributed by atoms with E-state index in [1.54, 1.807) is 4.58 Å². The first-order chi connectivity index (χ1) is 5.24. The van der Waals surface area contributed by atoms with Gasteiger partial charge in [-0.2, -0.15) is 4.58 Å². The number of hydrogen-bond acceptors (Lipinski definition) is 0. The fourth-order valence-corrected chi connectivity index (χ4v) is 0.971. The van der Waals surface area contributed by atoms with E-state index in [0.717, 1.165) is 10.7 Å². The summed E-state index contributed by atoms with van der Waals surface area (Å²) in [6, 6.07) is 7.46. The van der Waals surface area contributed by atoms with Gasteiger partial charge in [-0.3, -0.25) is 0 Å². The normalized spacial score (nSPS) is 11.7. The molecule has 0 heterocycles. The molecule has 1 aromatic carbocycles. The van der Waals surface area contributed by atoms with Gasteiger partial charge in [0.15, 0.2) is 0 Å². The predicted octanol–water partition coefficient (Wildman–Crippen LogP) is 2.88. The van der Waals surface area contributed by atoms with Crippen LogP contribution in [0, 0.1) is 0 Å². The Labute approximate surface area is 75.9 Å². The zero-order chi connectivity index (χ0) is 8.27. The zero-order valence-electron chi connectivity index (χ0n) is 6.09. The van der Waals surface area contributed by atoms with Gasteiger partial charge in [-0.15, -0.1) is 0 Å². The van der Waals surface area contributed by atoms with Crippen molar-refractivity contribution in [3.05, 3.63) is 29.3 Å². The summed E-state index contributed by atoms with van der Waals surface area (Å²) in [6.07, 6.45) is 0. The Morgan fingerprint density at radius 1 is 1.27 bits per heavy atom. The Morgan fingerprint density at radius 3 is 2.27 bits per heavy atom. The molecule has 58 valence electrons. The van der Waals surface area contributed by atoms with E-state index in [1.165, 1.54) is 5.67 Å². The van der Waals surface area contributed by atoms with Gasteiger partial charge in [0.1, 0.15) is 7.05 Å². The molecule has 0 fully saturated rings. The lowest BCUT2D eigenvalue weighted by atomic mass is 10.3. The minimum absolute atomic E-state index is 0.733. The quantitative estimate of drug-likeness (QED) is 0.472. The highest BCUT2D eigenvalue weighted by molar-refractivity contribution is 6.54. The summed E-state index contributed by atoms with van der Waals surface area (Å²) in [5.41, 5.74) is 2.49. The lowest BCUT2D eigenvalue weighted by Gasteiger charge is -1.93. The van der Waals surface area contributed by atoms with Crippen LogP contribution in [0.5, 0.6) is 0 Å². The molecule has 1 nitrogen and oxygen atoms in total. The molecule has 0 spiro atoms. The van der Waals surface area contributed by atoms with Crippen LogP contribution >= 0.6 is 23.2 Å². The van der Waals surface area contributed by atoms with E-state index < -0.39 is 0 Å². The monoisotopic (exact) mass is 188 g/mol. The van der Waals surface area contributed by atoms with Crippen molar-refractivity contribution in [1.82, 2.24) is 0 Å². The molecule has 0 aromatic heterocycles. The molecule has 0 aliphatic carbocycles. The van der Waals surface area contributed by atoms with Crippen molar-refractivity contribution < 1.29 is 4.58 Å². The van der Waals surface area contributed by atoms with E-state index in [0.29, 0.717) is 0 Å². The highest BCUT2D eigenvalue weighted by atomic mass is 35.5. The van der Waals surface area contributed by atoms with Crippen molar-refractivity contribution in [2.75, 3.05) is 7.05 Å². The van der Waals surface area contributed by atoms with Crippen LogP contribution in [0.3, 0.4) is 0 Å². The van der Waals surface area contributed by atoms with Gasteiger partial charge < -0.3 is 0 Å². The van der Waals surface area contributed by atoms with Crippen molar-refractivity contribution in [1.29, 1.82) is 0 Å². The second kappa shape index (κ2) is 3.74. The molecule has 0 N–H and O–H groups in total. The zero-order valence-corrected chi connectivity index (χ0v) is 7.60. The van der Waals surface area contributed by atoms with Crippen molar-refractivity contribution in [2.45, 2.75) is 0 Å². The summed E-state index contributed by atoms with van der Waals surface area (Å²) < 4.78 is 1.80. The summed E-state index contributed by atoms with van der Waals surface area (Å²) in [7, 11) is 1.87. The molecule has 1 rings (SSSR count). The van der Waals surface area contributed by atoms with Gasteiger partial charge in [-0.1, -0.05) is 11.6 Å². The van der Waals surface area contributed by atoms with Crippen molar-refractivity contribution in [3.8, 4) is 0 Å². The van der Waals surface area contributed by atoms with E-state index in [4.69, 9.17) is 23.2 Å². The molecule has 0 aliphatic heterocycles. The molecular weight excluding hydrogens is 181 g/mol. The van der Waals surface area contributed by atoms with E-state index in [1.807, 2.05) is 31.3 Å². The maximum Gasteiger partial charge on any atom is 0.238 e. The summed E-state index contributed by atoms with van der Waals surface area (Å²) in [5, 5.41) is 0.733. The second-order valence-electron chi connectivity index (χ2n) is 2.18. The third-order valence-corrected chi connectivity index (χ3v) is 1.93. The number of halogens is 2. The molecule has 0 atom stereocenters. The van der Waals surface area contributed by atoms with Crippen LogP contribution in [-0.2, 0) is 0 Å². The average Bonchev–Trinajstić information content (AvgIpc) is 2.05. The Bertz CT molecular complexity index is 264. The maximum atomic E-state index is 5.70. The van der Waals surface area contributed by atoms with Gasteiger partial charge in [-0.05, 0) is 23.7 Å². The molecule has 1 aromatic rings. The van der Waals surface area contributed by atoms with E-state index in [-0.39, 0.29) is 0 Å². The van der Waals surface area contributed by atoms with Crippen molar-refractivity contribution in [3.63, 3.8) is 0 Å². The summed E-state index contributed by atoms with van der Waals surface area (Å²) in [6.45, 7) is 0. The van der Waals surface area contributed by atoms with Gasteiger partial charge in [0.05, 0.1) is 0 Å². The third-order valence-electron chi connectivity index (χ3n) is 1.38. The van der Waals surface area contributed by atoms with Gasteiger partial charge in [-0.25, -0.2) is 0 Å². The van der Waals surface area contributed by atoms with Gasteiger partial charge >= 0.3 is 0 Å². The van der Waals surface area contributed by atoms with Crippen LogP contribution in [0.2, 0.25) is 5.02 Å². The van der Waals surface area contributed by atoms with Gasteiger partial charge in [0.2, 0.25) is 11.4 Å². The highest BCUT2D eigenvalue weighted by Gasteiger charge is 1.99. The smallest absolute Gasteiger partial charge is 0.191 e. The molecule has 0 saturated heterocycles. The van der Waals surface area contributed by atoms with Crippen LogP contribution in [0.25, 0.3) is 0 Å². The maximum absolute atomic E-state index is 5.70. The lowest BCUT2D eigenvalue weighted by Crippen LogP contribution is -1.94. The topological polar surface area (TPSA) is 3.01 Å². The van der Waals surface area contributed by atoms with Crippen molar-refractivity contribution in [2.24, 2.45) is 0 Å². The largest absolute Gasteiger partial charge is 0.238 e. The molecule has 3 heteroatoms. The van der Waals surface area contributed by atoms with Crippen LogP contribution in [0.4, 0.5) is 5.69 Å². The summed E-state index contributed by atoms with van der Waals surface area (Å²) >= 11 is 11.2. The van der Waals surface area contributed by atoms with E-state index in [9.17, 15) is 0 Å². The Kier molecular flexibility index (Phi) is 2.92. The molecule has 0 unspecified atom stereocenters. The molecule has 0 saturated carbocycles. The first-order valence-electron chi connectivity index (χ1n) is 3.16. The third kappa shape index (κ3) is 2.21. The SMILES string of the molecule is C[N+](=CCl)c1ccc(Cl)cc1. The van der Waals surface area contributed by atoms with Crippen LogP contribution in [0.15, 0.2) is 24.3 Å².